The Morgan fingerprint density at radius 1 is 1.00 bits per heavy atom. The molecule has 264 valence electrons. The summed E-state index contributed by atoms with van der Waals surface area (Å²) < 4.78 is 4.80. The minimum absolute atomic E-state index is 0.0734. The van der Waals surface area contributed by atoms with Crippen LogP contribution in [0.1, 0.15) is 74.7 Å². The monoisotopic (exact) mass is 660 g/mol. The first kappa shape index (κ1) is 37.8. The lowest BCUT2D eigenvalue weighted by molar-refractivity contribution is -0.145. The molecule has 0 radical (unpaired) electrons. The van der Waals surface area contributed by atoms with Gasteiger partial charge in [-0.1, -0.05) is 74.3 Å². The Morgan fingerprint density at radius 3 is 2.13 bits per heavy atom. The van der Waals surface area contributed by atoms with Crippen molar-refractivity contribution in [2.75, 3.05) is 33.8 Å². The van der Waals surface area contributed by atoms with Gasteiger partial charge in [-0.05, 0) is 40.4 Å². The highest BCUT2D eigenvalue weighted by molar-refractivity contribution is 6.38. The van der Waals surface area contributed by atoms with Crippen molar-refractivity contribution in [2.45, 2.75) is 98.8 Å². The number of Topliss-reactive ketones (excluding diaryl/α,β-unsaturated/α-hetero) is 1. The second-order valence-electron chi connectivity index (χ2n) is 16.2. The van der Waals surface area contributed by atoms with Crippen molar-refractivity contribution in [1.29, 1.82) is 0 Å². The molecule has 0 aromatic heterocycles. The number of amides is 6. The van der Waals surface area contributed by atoms with Crippen LogP contribution in [0.25, 0.3) is 0 Å². The molecular formula is C34H56N6O7. The average molecular weight is 661 g/mol. The van der Waals surface area contributed by atoms with Crippen LogP contribution in [-0.4, -0.2) is 103 Å². The van der Waals surface area contributed by atoms with Gasteiger partial charge < -0.3 is 35.8 Å². The second kappa shape index (κ2) is 14.2. The summed E-state index contributed by atoms with van der Waals surface area (Å²) >= 11 is 0. The number of methoxy groups -OCH3 is 1. The van der Waals surface area contributed by atoms with Crippen molar-refractivity contribution in [2.24, 2.45) is 34.0 Å². The molecule has 2 aliphatic carbocycles. The number of urea groups is 1. The summed E-state index contributed by atoms with van der Waals surface area (Å²) in [4.78, 5) is 82.4. The molecule has 13 nitrogen and oxygen atoms in total. The zero-order valence-electron chi connectivity index (χ0n) is 29.8. The molecule has 0 bridgehead atoms. The normalized spacial score (nSPS) is 23.3. The summed E-state index contributed by atoms with van der Waals surface area (Å²) in [7, 11) is 2.86. The standard InChI is InChI=1S/C34H56N6O7/c1-12-15-35-28(43)25(41)21(16-19-13-14-19)36-27(42)24-23-20(34(23,8)9)17-40(24)29(44)26(33(5,6)7)38-30(45)37-22(32(2,3)4)18-39(10)31(46)47-11/h12,19-24,26H,1,13-18H2,2-11H3,(H,35,43)(H,36,42)(H2,37,38,45)/t20-,21?,22+,23-,24-,26+/m0/s1. The number of ketones is 1. The van der Waals surface area contributed by atoms with Gasteiger partial charge in [0.25, 0.3) is 5.91 Å². The molecule has 1 heterocycles. The van der Waals surface area contributed by atoms with Crippen molar-refractivity contribution in [1.82, 2.24) is 31.1 Å². The van der Waals surface area contributed by atoms with Crippen LogP contribution in [-0.2, 0) is 23.9 Å². The Morgan fingerprint density at radius 2 is 1.62 bits per heavy atom. The lowest BCUT2D eigenvalue weighted by Gasteiger charge is -2.39. The first-order chi connectivity index (χ1) is 21.6. The Bertz CT molecular complexity index is 1250. The number of rotatable bonds is 13. The highest BCUT2D eigenvalue weighted by Gasteiger charge is 2.70. The third-order valence-corrected chi connectivity index (χ3v) is 9.97. The summed E-state index contributed by atoms with van der Waals surface area (Å²) in [5, 5.41) is 11.2. The molecule has 13 heteroatoms. The summed E-state index contributed by atoms with van der Waals surface area (Å²) in [6, 6.07) is -3.92. The summed E-state index contributed by atoms with van der Waals surface area (Å²) in [6.45, 7) is 19.6. The van der Waals surface area contributed by atoms with Gasteiger partial charge in [-0.25, -0.2) is 9.59 Å². The van der Waals surface area contributed by atoms with E-state index in [4.69, 9.17) is 4.74 Å². The molecule has 6 amide bonds. The van der Waals surface area contributed by atoms with Gasteiger partial charge in [-0.3, -0.25) is 19.2 Å². The molecule has 1 aliphatic heterocycles. The first-order valence-corrected chi connectivity index (χ1v) is 16.5. The molecule has 2 saturated carbocycles. The number of likely N-dealkylation sites (N-methyl/N-ethyl adjacent to an activating group) is 1. The van der Waals surface area contributed by atoms with Gasteiger partial charge in [0.1, 0.15) is 12.1 Å². The lowest BCUT2D eigenvalue weighted by atomic mass is 9.85. The summed E-state index contributed by atoms with van der Waals surface area (Å²) in [5.74, 6) is -2.18. The molecule has 1 unspecified atom stereocenters. The van der Waals surface area contributed by atoms with Crippen molar-refractivity contribution in [3.05, 3.63) is 12.7 Å². The number of nitrogens with one attached hydrogen (secondary N) is 4. The van der Waals surface area contributed by atoms with Crippen molar-refractivity contribution in [3.63, 3.8) is 0 Å². The number of fused-ring (bicyclic) bond motifs is 1. The van der Waals surface area contributed by atoms with Crippen LogP contribution in [0.4, 0.5) is 9.59 Å². The molecule has 3 rings (SSSR count). The van der Waals surface area contributed by atoms with Gasteiger partial charge in [0, 0.05) is 26.7 Å². The Kier molecular flexibility index (Phi) is 11.4. The fraction of sp³-hybridized carbons (Fsp3) is 0.765. The predicted octanol–water partition coefficient (Wildman–Crippen LogP) is 2.45. The molecule has 3 aliphatic rings. The third-order valence-electron chi connectivity index (χ3n) is 9.97. The maximum Gasteiger partial charge on any atom is 0.409 e. The van der Waals surface area contributed by atoms with Crippen LogP contribution in [0.5, 0.6) is 0 Å². The number of carbonyl (C=O) groups excluding carboxylic acids is 6. The van der Waals surface area contributed by atoms with E-state index in [1.807, 2.05) is 41.5 Å². The van der Waals surface area contributed by atoms with Crippen molar-refractivity contribution < 1.29 is 33.5 Å². The van der Waals surface area contributed by atoms with Gasteiger partial charge in [0.2, 0.25) is 17.6 Å². The maximum absolute atomic E-state index is 14.3. The third kappa shape index (κ3) is 9.04. The Labute approximate surface area is 279 Å². The van der Waals surface area contributed by atoms with Crippen LogP contribution in [0.15, 0.2) is 12.7 Å². The van der Waals surface area contributed by atoms with E-state index < -0.39 is 70.6 Å². The minimum Gasteiger partial charge on any atom is -0.453 e. The van der Waals surface area contributed by atoms with E-state index in [-0.39, 0.29) is 36.3 Å². The molecule has 0 spiro atoms. The van der Waals surface area contributed by atoms with E-state index in [0.29, 0.717) is 13.0 Å². The molecular weight excluding hydrogens is 604 g/mol. The number of hydrogen-bond donors (Lipinski definition) is 4. The topological polar surface area (TPSA) is 166 Å². The second-order valence-corrected chi connectivity index (χ2v) is 16.2. The van der Waals surface area contributed by atoms with Gasteiger partial charge in [-0.15, -0.1) is 6.58 Å². The van der Waals surface area contributed by atoms with E-state index >= 15 is 0 Å². The molecule has 0 aromatic rings. The quantitative estimate of drug-likeness (QED) is 0.174. The van der Waals surface area contributed by atoms with E-state index in [1.54, 1.807) is 7.05 Å². The largest absolute Gasteiger partial charge is 0.453 e. The Hall–Kier alpha value is -3.64. The van der Waals surface area contributed by atoms with Gasteiger partial charge in [-0.2, -0.15) is 0 Å². The van der Waals surface area contributed by atoms with Crippen LogP contribution < -0.4 is 21.3 Å². The molecule has 47 heavy (non-hydrogen) atoms. The van der Waals surface area contributed by atoms with E-state index in [0.717, 1.165) is 12.8 Å². The minimum atomic E-state index is -1.00. The van der Waals surface area contributed by atoms with Crippen LogP contribution in [0.3, 0.4) is 0 Å². The number of piperidine rings is 1. The van der Waals surface area contributed by atoms with Crippen LogP contribution in [0, 0.1) is 34.0 Å². The highest BCUT2D eigenvalue weighted by atomic mass is 16.5. The molecule has 1 saturated heterocycles. The van der Waals surface area contributed by atoms with Gasteiger partial charge in [0.05, 0.1) is 19.2 Å². The maximum atomic E-state index is 14.3. The summed E-state index contributed by atoms with van der Waals surface area (Å²) in [6.07, 6.45) is 3.14. The zero-order chi connectivity index (χ0) is 35.6. The fourth-order valence-electron chi connectivity index (χ4n) is 6.58. The van der Waals surface area contributed by atoms with Crippen molar-refractivity contribution >= 4 is 35.6 Å². The number of ether oxygens (including phenoxy) is 1. The van der Waals surface area contributed by atoms with E-state index in [1.165, 1.54) is 23.0 Å². The molecule has 0 aromatic carbocycles. The van der Waals surface area contributed by atoms with E-state index in [9.17, 15) is 28.8 Å². The Balaban J connectivity index is 1.82. The first-order valence-electron chi connectivity index (χ1n) is 16.5. The van der Waals surface area contributed by atoms with E-state index in [2.05, 4.69) is 41.7 Å². The molecule has 6 atom stereocenters. The van der Waals surface area contributed by atoms with Gasteiger partial charge in [0.15, 0.2) is 0 Å². The number of hydrogen-bond acceptors (Lipinski definition) is 7. The van der Waals surface area contributed by atoms with Crippen molar-refractivity contribution in [3.8, 4) is 0 Å². The molecule has 4 N–H and O–H groups in total. The predicted molar refractivity (Wildman–Crippen MR) is 177 cm³/mol. The average Bonchev–Trinajstić information content (AvgIpc) is 3.83. The van der Waals surface area contributed by atoms with Gasteiger partial charge >= 0.3 is 12.1 Å². The SMILES string of the molecule is C=CCNC(=O)C(=O)C(CC1CC1)NC(=O)[C@@H]1[C@@H]2[C@H](CN1C(=O)[C@@H](NC(=O)N[C@H](CN(C)C(=O)OC)C(C)(C)C)C(C)(C)C)C2(C)C. The van der Waals surface area contributed by atoms with Crippen LogP contribution >= 0.6 is 0 Å². The summed E-state index contributed by atoms with van der Waals surface area (Å²) in [5.41, 5.74) is -1.36. The fourth-order valence-corrected chi connectivity index (χ4v) is 6.58. The number of carbonyl (C=O) groups is 6. The van der Waals surface area contributed by atoms with Crippen LogP contribution in [0.2, 0.25) is 0 Å². The highest BCUT2D eigenvalue weighted by Crippen LogP contribution is 2.65. The smallest absolute Gasteiger partial charge is 0.409 e. The molecule has 3 fully saturated rings. The lowest BCUT2D eigenvalue weighted by Crippen LogP contribution is -2.62. The zero-order valence-corrected chi connectivity index (χ0v) is 29.8. The number of nitrogens with zero attached hydrogens (tertiary/aromatic N) is 2. The number of likely N-dealkylation sites (tertiary alicyclic amines) is 1.